The van der Waals surface area contributed by atoms with Gasteiger partial charge in [0, 0.05) is 39.1 Å². The molecule has 0 spiro atoms. The highest BCUT2D eigenvalue weighted by Gasteiger charge is 2.37. The molecule has 2 fully saturated rings. The van der Waals surface area contributed by atoms with E-state index in [1.807, 2.05) is 6.92 Å². The Bertz CT molecular complexity index is 533. The standard InChI is InChI=1S/C19H28N2O2/c1-14(2)17-6-4-16(5-7-17)13-20-8-10-21(11-9-20)18-12-15(3)23-19(18)22/h4-7,14-15,18H,8-13H2,1-3H3. The quantitative estimate of drug-likeness (QED) is 0.800. The Morgan fingerprint density at radius 3 is 2.30 bits per heavy atom. The number of carbonyl (C=O) groups is 1. The van der Waals surface area contributed by atoms with Crippen LogP contribution in [0.3, 0.4) is 0 Å². The van der Waals surface area contributed by atoms with Crippen LogP contribution in [0.1, 0.15) is 44.2 Å². The number of carbonyl (C=O) groups excluding carboxylic acids is 1. The molecule has 0 amide bonds. The maximum Gasteiger partial charge on any atom is 0.323 e. The van der Waals surface area contributed by atoms with Crippen LogP contribution in [0.4, 0.5) is 0 Å². The van der Waals surface area contributed by atoms with Gasteiger partial charge in [-0.3, -0.25) is 14.6 Å². The van der Waals surface area contributed by atoms with Crippen LogP contribution in [0.5, 0.6) is 0 Å². The van der Waals surface area contributed by atoms with Crippen molar-refractivity contribution in [3.8, 4) is 0 Å². The zero-order valence-electron chi connectivity index (χ0n) is 14.5. The molecule has 0 radical (unpaired) electrons. The highest BCUT2D eigenvalue weighted by Crippen LogP contribution is 2.22. The highest BCUT2D eigenvalue weighted by atomic mass is 16.6. The number of hydrogen-bond acceptors (Lipinski definition) is 4. The van der Waals surface area contributed by atoms with Crippen molar-refractivity contribution in [3.63, 3.8) is 0 Å². The molecular weight excluding hydrogens is 288 g/mol. The van der Waals surface area contributed by atoms with Crippen LogP contribution in [-0.2, 0) is 16.1 Å². The Balaban J connectivity index is 1.50. The minimum Gasteiger partial charge on any atom is -0.461 e. The first-order valence-corrected chi connectivity index (χ1v) is 8.78. The average Bonchev–Trinajstić information content (AvgIpc) is 2.87. The fourth-order valence-electron chi connectivity index (χ4n) is 3.53. The van der Waals surface area contributed by atoms with Gasteiger partial charge >= 0.3 is 5.97 Å². The van der Waals surface area contributed by atoms with Gasteiger partial charge in [0.05, 0.1) is 0 Å². The molecule has 2 aliphatic rings. The Labute approximate surface area is 139 Å². The molecule has 4 heteroatoms. The summed E-state index contributed by atoms with van der Waals surface area (Å²) in [6, 6.07) is 8.96. The average molecular weight is 316 g/mol. The maximum absolute atomic E-state index is 11.9. The van der Waals surface area contributed by atoms with E-state index < -0.39 is 0 Å². The molecule has 0 saturated carbocycles. The van der Waals surface area contributed by atoms with Crippen LogP contribution in [0.15, 0.2) is 24.3 Å². The Morgan fingerprint density at radius 2 is 1.78 bits per heavy atom. The zero-order chi connectivity index (χ0) is 16.4. The van der Waals surface area contributed by atoms with E-state index in [4.69, 9.17) is 4.74 Å². The molecule has 2 saturated heterocycles. The van der Waals surface area contributed by atoms with Gasteiger partial charge in [-0.1, -0.05) is 38.1 Å². The van der Waals surface area contributed by atoms with Crippen molar-refractivity contribution >= 4 is 5.97 Å². The van der Waals surface area contributed by atoms with E-state index in [-0.39, 0.29) is 18.1 Å². The molecule has 0 N–H and O–H groups in total. The fraction of sp³-hybridized carbons (Fsp3) is 0.632. The third-order valence-electron chi connectivity index (χ3n) is 5.04. The summed E-state index contributed by atoms with van der Waals surface area (Å²) >= 11 is 0. The lowest BCUT2D eigenvalue weighted by Crippen LogP contribution is -2.51. The van der Waals surface area contributed by atoms with Crippen LogP contribution in [0.25, 0.3) is 0 Å². The topological polar surface area (TPSA) is 32.8 Å². The van der Waals surface area contributed by atoms with Gasteiger partial charge in [-0.05, 0) is 24.0 Å². The van der Waals surface area contributed by atoms with Crippen molar-refractivity contribution < 1.29 is 9.53 Å². The third-order valence-corrected chi connectivity index (χ3v) is 5.04. The van der Waals surface area contributed by atoms with Crippen molar-refractivity contribution in [1.29, 1.82) is 0 Å². The number of esters is 1. The lowest BCUT2D eigenvalue weighted by Gasteiger charge is -2.36. The van der Waals surface area contributed by atoms with Crippen molar-refractivity contribution in [3.05, 3.63) is 35.4 Å². The van der Waals surface area contributed by atoms with Gasteiger partial charge in [-0.25, -0.2) is 0 Å². The second-order valence-corrected chi connectivity index (χ2v) is 7.21. The van der Waals surface area contributed by atoms with Gasteiger partial charge in [-0.15, -0.1) is 0 Å². The Kier molecular flexibility index (Phi) is 5.02. The maximum atomic E-state index is 11.9. The van der Waals surface area contributed by atoms with Gasteiger partial charge in [-0.2, -0.15) is 0 Å². The first-order valence-electron chi connectivity index (χ1n) is 8.78. The second-order valence-electron chi connectivity index (χ2n) is 7.21. The summed E-state index contributed by atoms with van der Waals surface area (Å²) in [5.41, 5.74) is 2.77. The van der Waals surface area contributed by atoms with Crippen LogP contribution in [0.2, 0.25) is 0 Å². The van der Waals surface area contributed by atoms with Gasteiger partial charge in [0.15, 0.2) is 0 Å². The number of piperazine rings is 1. The lowest BCUT2D eigenvalue weighted by atomic mass is 10.0. The highest BCUT2D eigenvalue weighted by molar-refractivity contribution is 5.78. The summed E-state index contributed by atoms with van der Waals surface area (Å²) in [5, 5.41) is 0. The van der Waals surface area contributed by atoms with Gasteiger partial charge in [0.1, 0.15) is 12.1 Å². The van der Waals surface area contributed by atoms with E-state index >= 15 is 0 Å². The number of nitrogens with zero attached hydrogens (tertiary/aromatic N) is 2. The predicted molar refractivity (Wildman–Crippen MR) is 91.3 cm³/mol. The molecule has 2 unspecified atom stereocenters. The van der Waals surface area contributed by atoms with Crippen molar-refractivity contribution in [1.82, 2.24) is 9.80 Å². The molecule has 4 nitrogen and oxygen atoms in total. The monoisotopic (exact) mass is 316 g/mol. The molecule has 0 bridgehead atoms. The van der Waals surface area contributed by atoms with E-state index in [9.17, 15) is 4.79 Å². The summed E-state index contributed by atoms with van der Waals surface area (Å²) in [6.07, 6.45) is 0.917. The van der Waals surface area contributed by atoms with E-state index in [1.165, 1.54) is 11.1 Å². The van der Waals surface area contributed by atoms with Crippen LogP contribution < -0.4 is 0 Å². The molecule has 23 heavy (non-hydrogen) atoms. The number of hydrogen-bond donors (Lipinski definition) is 0. The molecule has 2 atom stereocenters. The van der Waals surface area contributed by atoms with Crippen LogP contribution in [0, 0.1) is 0 Å². The predicted octanol–water partition coefficient (Wildman–Crippen LogP) is 2.63. The number of ether oxygens (including phenoxy) is 1. The van der Waals surface area contributed by atoms with E-state index in [1.54, 1.807) is 0 Å². The molecule has 2 aliphatic heterocycles. The number of cyclic esters (lactones) is 1. The van der Waals surface area contributed by atoms with Crippen molar-refractivity contribution in [2.45, 2.75) is 51.8 Å². The molecule has 1 aromatic rings. The third kappa shape index (κ3) is 3.93. The van der Waals surface area contributed by atoms with Gasteiger partial charge in [0.25, 0.3) is 0 Å². The molecule has 2 heterocycles. The summed E-state index contributed by atoms with van der Waals surface area (Å²) in [4.78, 5) is 16.6. The van der Waals surface area contributed by atoms with Crippen LogP contribution in [-0.4, -0.2) is 54.1 Å². The molecule has 0 aliphatic carbocycles. The van der Waals surface area contributed by atoms with E-state index in [0.29, 0.717) is 5.92 Å². The lowest BCUT2D eigenvalue weighted by molar-refractivity contribution is -0.145. The summed E-state index contributed by atoms with van der Waals surface area (Å²) in [6.45, 7) is 11.4. The van der Waals surface area contributed by atoms with Gasteiger partial charge < -0.3 is 4.74 Å². The van der Waals surface area contributed by atoms with Gasteiger partial charge in [0.2, 0.25) is 0 Å². The van der Waals surface area contributed by atoms with Crippen molar-refractivity contribution in [2.75, 3.05) is 26.2 Å². The second kappa shape index (κ2) is 7.02. The minimum atomic E-state index is -0.0322. The van der Waals surface area contributed by atoms with E-state index in [0.717, 1.165) is 39.1 Å². The summed E-state index contributed by atoms with van der Waals surface area (Å²) in [5.74, 6) is 0.552. The zero-order valence-corrected chi connectivity index (χ0v) is 14.5. The summed E-state index contributed by atoms with van der Waals surface area (Å²) < 4.78 is 5.29. The SMILES string of the molecule is CC1CC(N2CCN(Cc3ccc(C(C)C)cc3)CC2)C(=O)O1. The smallest absolute Gasteiger partial charge is 0.323 e. The fourth-order valence-corrected chi connectivity index (χ4v) is 3.53. The summed E-state index contributed by atoms with van der Waals surface area (Å²) in [7, 11) is 0. The largest absolute Gasteiger partial charge is 0.461 e. The molecular formula is C19H28N2O2. The normalized spacial score (nSPS) is 26.7. The molecule has 1 aromatic carbocycles. The van der Waals surface area contributed by atoms with Crippen molar-refractivity contribution in [2.24, 2.45) is 0 Å². The minimum absolute atomic E-state index is 0.0162. The first-order chi connectivity index (χ1) is 11.0. The molecule has 126 valence electrons. The number of benzene rings is 1. The molecule has 3 rings (SSSR count). The van der Waals surface area contributed by atoms with Crippen LogP contribution >= 0.6 is 0 Å². The Morgan fingerprint density at radius 1 is 1.13 bits per heavy atom. The molecule has 0 aromatic heterocycles. The number of rotatable bonds is 4. The Hall–Kier alpha value is -1.39. The van der Waals surface area contributed by atoms with E-state index in [2.05, 4.69) is 47.9 Å². The first kappa shape index (κ1) is 16.5.